The Bertz CT molecular complexity index is 2850. The molecular formula is C47H30N2S. The summed E-state index contributed by atoms with van der Waals surface area (Å²) in [5.74, 6) is 0. The van der Waals surface area contributed by atoms with Crippen LogP contribution >= 0.6 is 11.3 Å². The summed E-state index contributed by atoms with van der Waals surface area (Å²) in [7, 11) is 0. The number of hydrogen-bond donors (Lipinski definition) is 0. The van der Waals surface area contributed by atoms with E-state index in [1.807, 2.05) is 11.3 Å². The minimum atomic E-state index is 0.953. The predicted molar refractivity (Wildman–Crippen MR) is 213 cm³/mol. The zero-order chi connectivity index (χ0) is 33.0. The number of hydrogen-bond acceptors (Lipinski definition) is 2. The smallest absolute Gasteiger partial charge is 0.0716 e. The summed E-state index contributed by atoms with van der Waals surface area (Å²) >= 11 is 1.87. The summed E-state index contributed by atoms with van der Waals surface area (Å²) in [5, 5.41) is 5.08. The molecule has 3 heteroatoms. The Morgan fingerprint density at radius 2 is 0.980 bits per heavy atom. The zero-order valence-corrected chi connectivity index (χ0v) is 27.9. The maximum Gasteiger partial charge on any atom is 0.0716 e. The second kappa shape index (κ2) is 11.7. The molecule has 50 heavy (non-hydrogen) atoms. The van der Waals surface area contributed by atoms with Crippen molar-refractivity contribution < 1.29 is 0 Å². The number of nitrogens with zero attached hydrogens (tertiary/aromatic N) is 2. The van der Waals surface area contributed by atoms with Crippen molar-refractivity contribution in [1.29, 1.82) is 0 Å². The van der Waals surface area contributed by atoms with Crippen molar-refractivity contribution in [3.8, 4) is 50.5 Å². The van der Waals surface area contributed by atoms with Crippen molar-refractivity contribution in [2.75, 3.05) is 0 Å². The maximum absolute atomic E-state index is 5.38. The maximum atomic E-state index is 5.38. The van der Waals surface area contributed by atoms with Gasteiger partial charge in [-0.3, -0.25) is 0 Å². The Labute approximate surface area is 294 Å². The molecule has 0 amide bonds. The molecule has 234 valence electrons. The molecule has 7 aromatic carbocycles. The summed E-state index contributed by atoms with van der Waals surface area (Å²) < 4.78 is 4.98. The Morgan fingerprint density at radius 3 is 1.80 bits per heavy atom. The molecule has 0 saturated carbocycles. The number of fused-ring (bicyclic) bond motifs is 6. The highest BCUT2D eigenvalue weighted by molar-refractivity contribution is 7.26. The molecule has 0 atom stereocenters. The molecule has 0 aliphatic heterocycles. The molecule has 0 bridgehead atoms. The van der Waals surface area contributed by atoms with Gasteiger partial charge in [0, 0.05) is 47.8 Å². The minimum absolute atomic E-state index is 0.953. The van der Waals surface area contributed by atoms with Gasteiger partial charge in [0.05, 0.1) is 22.4 Å². The van der Waals surface area contributed by atoms with Crippen LogP contribution in [0.2, 0.25) is 0 Å². The quantitative estimate of drug-likeness (QED) is 0.181. The van der Waals surface area contributed by atoms with Gasteiger partial charge in [0.15, 0.2) is 0 Å². The highest BCUT2D eigenvalue weighted by atomic mass is 32.1. The molecular weight excluding hydrogens is 625 g/mol. The molecule has 0 unspecified atom stereocenters. The molecule has 0 spiro atoms. The zero-order valence-electron chi connectivity index (χ0n) is 27.1. The van der Waals surface area contributed by atoms with E-state index in [0.717, 1.165) is 33.8 Å². The number of benzene rings is 7. The van der Waals surface area contributed by atoms with Gasteiger partial charge >= 0.3 is 0 Å². The number of pyridine rings is 1. The lowest BCUT2D eigenvalue weighted by Gasteiger charge is -2.13. The fourth-order valence-corrected chi connectivity index (χ4v) is 8.64. The minimum Gasteiger partial charge on any atom is -0.309 e. The topological polar surface area (TPSA) is 17.8 Å². The summed E-state index contributed by atoms with van der Waals surface area (Å²) in [5.41, 5.74) is 12.4. The molecule has 3 aromatic heterocycles. The molecule has 2 nitrogen and oxygen atoms in total. The van der Waals surface area contributed by atoms with E-state index in [2.05, 4.69) is 187 Å². The first-order chi connectivity index (χ1) is 24.8. The molecule has 0 aliphatic rings. The van der Waals surface area contributed by atoms with Gasteiger partial charge in [0.2, 0.25) is 0 Å². The summed E-state index contributed by atoms with van der Waals surface area (Å²) in [6, 6.07) is 65.5. The second-order valence-corrected chi connectivity index (χ2v) is 13.8. The van der Waals surface area contributed by atoms with Crippen LogP contribution in [-0.4, -0.2) is 9.55 Å². The first-order valence-corrected chi connectivity index (χ1v) is 17.8. The molecule has 0 radical (unpaired) electrons. The number of rotatable bonds is 5. The molecule has 0 fully saturated rings. The van der Waals surface area contributed by atoms with E-state index in [0.29, 0.717) is 0 Å². The van der Waals surface area contributed by atoms with Gasteiger partial charge in [-0.1, -0.05) is 140 Å². The van der Waals surface area contributed by atoms with Crippen molar-refractivity contribution in [1.82, 2.24) is 9.55 Å². The predicted octanol–water partition coefficient (Wildman–Crippen LogP) is 13.2. The van der Waals surface area contributed by atoms with Gasteiger partial charge < -0.3 is 4.57 Å². The van der Waals surface area contributed by atoms with Crippen LogP contribution < -0.4 is 0 Å². The Balaban J connectivity index is 1.20. The van der Waals surface area contributed by atoms with E-state index in [1.54, 1.807) is 0 Å². The van der Waals surface area contributed by atoms with E-state index in [4.69, 9.17) is 4.98 Å². The first kappa shape index (κ1) is 28.7. The highest BCUT2D eigenvalue weighted by Crippen LogP contribution is 2.42. The van der Waals surface area contributed by atoms with Gasteiger partial charge in [-0.25, -0.2) is 4.98 Å². The fourth-order valence-electron chi connectivity index (χ4n) is 7.41. The largest absolute Gasteiger partial charge is 0.309 e. The van der Waals surface area contributed by atoms with Crippen LogP contribution in [0.4, 0.5) is 0 Å². The van der Waals surface area contributed by atoms with Crippen molar-refractivity contribution in [2.45, 2.75) is 0 Å². The lowest BCUT2D eigenvalue weighted by molar-refractivity contribution is 1.18. The molecule has 0 N–H and O–H groups in total. The van der Waals surface area contributed by atoms with Crippen LogP contribution in [0.3, 0.4) is 0 Å². The van der Waals surface area contributed by atoms with Crippen LogP contribution in [0, 0.1) is 0 Å². The first-order valence-electron chi connectivity index (χ1n) is 17.0. The Hall–Kier alpha value is -6.29. The third kappa shape index (κ3) is 4.74. The SMILES string of the molecule is c1ccc(-c2ccc(-c3cc(-c4cccc5c4sc4ccccc45)cc(-c4ccc5c6ccccc6n(-c6ccccc6)c5c4)n3)cc2)cc1. The monoisotopic (exact) mass is 654 g/mol. The van der Waals surface area contributed by atoms with Crippen LogP contribution in [0.25, 0.3) is 92.4 Å². The van der Waals surface area contributed by atoms with Gasteiger partial charge in [-0.2, -0.15) is 0 Å². The van der Waals surface area contributed by atoms with Gasteiger partial charge in [0.1, 0.15) is 0 Å². The van der Waals surface area contributed by atoms with Crippen molar-refractivity contribution >= 4 is 53.3 Å². The van der Waals surface area contributed by atoms with Crippen LogP contribution in [0.15, 0.2) is 182 Å². The van der Waals surface area contributed by atoms with E-state index in [1.165, 1.54) is 58.7 Å². The summed E-state index contributed by atoms with van der Waals surface area (Å²) in [6.07, 6.45) is 0. The molecule has 10 rings (SSSR count). The Kier molecular flexibility index (Phi) is 6.71. The fraction of sp³-hybridized carbons (Fsp3) is 0. The summed E-state index contributed by atoms with van der Waals surface area (Å²) in [6.45, 7) is 0. The van der Waals surface area contributed by atoms with Gasteiger partial charge in [-0.15, -0.1) is 11.3 Å². The number of thiophene rings is 1. The van der Waals surface area contributed by atoms with E-state index >= 15 is 0 Å². The third-order valence-corrected chi connectivity index (χ3v) is 11.0. The highest BCUT2D eigenvalue weighted by Gasteiger charge is 2.17. The third-order valence-electron chi connectivity index (χ3n) is 9.81. The van der Waals surface area contributed by atoms with Crippen molar-refractivity contribution in [3.05, 3.63) is 182 Å². The number of aromatic nitrogens is 2. The normalized spacial score (nSPS) is 11.6. The van der Waals surface area contributed by atoms with Crippen molar-refractivity contribution in [3.63, 3.8) is 0 Å². The molecule has 3 heterocycles. The van der Waals surface area contributed by atoms with E-state index < -0.39 is 0 Å². The Morgan fingerprint density at radius 1 is 0.380 bits per heavy atom. The number of para-hydroxylation sites is 2. The average Bonchev–Trinajstić information content (AvgIpc) is 3.74. The molecule has 10 aromatic rings. The van der Waals surface area contributed by atoms with Gasteiger partial charge in [0.25, 0.3) is 0 Å². The molecule has 0 saturated heterocycles. The lowest BCUT2D eigenvalue weighted by atomic mass is 9.97. The van der Waals surface area contributed by atoms with Crippen molar-refractivity contribution in [2.24, 2.45) is 0 Å². The van der Waals surface area contributed by atoms with E-state index in [-0.39, 0.29) is 0 Å². The van der Waals surface area contributed by atoms with E-state index in [9.17, 15) is 0 Å². The van der Waals surface area contributed by atoms with Crippen LogP contribution in [-0.2, 0) is 0 Å². The molecule has 0 aliphatic carbocycles. The second-order valence-electron chi connectivity index (χ2n) is 12.8. The van der Waals surface area contributed by atoms with Crippen LogP contribution in [0.5, 0.6) is 0 Å². The van der Waals surface area contributed by atoms with Gasteiger partial charge in [-0.05, 0) is 64.7 Å². The average molecular weight is 655 g/mol. The summed E-state index contributed by atoms with van der Waals surface area (Å²) in [4.78, 5) is 5.38. The lowest BCUT2D eigenvalue weighted by Crippen LogP contribution is -1.94. The van der Waals surface area contributed by atoms with Crippen LogP contribution in [0.1, 0.15) is 0 Å². The standard InChI is InChI=1S/C47H30N2S/c1-3-12-31(13-4-1)32-22-24-33(25-23-32)42-28-35(37-18-11-19-41-40-17-8-10-21-46(40)50-47(37)41)29-43(48-42)34-26-27-39-38-16-7-9-20-44(38)49(45(39)30-34)36-14-5-2-6-15-36/h1-30H.